The van der Waals surface area contributed by atoms with Crippen molar-refractivity contribution in [3.8, 4) is 0 Å². The molecule has 0 saturated carbocycles. The molecule has 1 saturated heterocycles. The van der Waals surface area contributed by atoms with Crippen LogP contribution in [0.15, 0.2) is 59.6 Å². The van der Waals surface area contributed by atoms with Gasteiger partial charge in [-0.15, -0.1) is 0 Å². The number of benzene rings is 2. The van der Waals surface area contributed by atoms with E-state index in [1.54, 1.807) is 0 Å². The van der Waals surface area contributed by atoms with Crippen LogP contribution in [0.5, 0.6) is 0 Å². The first kappa shape index (κ1) is 19.0. The van der Waals surface area contributed by atoms with Crippen molar-refractivity contribution in [2.24, 2.45) is 4.99 Å². The van der Waals surface area contributed by atoms with Crippen LogP contribution < -0.4 is 10.6 Å². The summed E-state index contributed by atoms with van der Waals surface area (Å²) in [6.07, 6.45) is 1.67. The van der Waals surface area contributed by atoms with Gasteiger partial charge in [0.25, 0.3) is 0 Å². The number of hydrogen-bond donors (Lipinski definition) is 2. The van der Waals surface area contributed by atoms with Crippen LogP contribution in [0.4, 0.5) is 0 Å². The minimum atomic E-state index is 0.269. The fourth-order valence-electron chi connectivity index (χ4n) is 3.14. The lowest BCUT2D eigenvalue weighted by Crippen LogP contribution is -2.36. The molecule has 0 aliphatic carbocycles. The number of amides is 1. The molecule has 1 heterocycles. The van der Waals surface area contributed by atoms with Crippen LogP contribution in [-0.4, -0.2) is 29.9 Å². The minimum Gasteiger partial charge on any atom is -0.357 e. The molecule has 142 valence electrons. The molecule has 0 bridgehead atoms. The van der Waals surface area contributed by atoms with Crippen molar-refractivity contribution in [1.29, 1.82) is 0 Å². The van der Waals surface area contributed by atoms with Gasteiger partial charge in [0, 0.05) is 32.6 Å². The number of aliphatic imine (C=N–C) groups is 1. The largest absolute Gasteiger partial charge is 0.357 e. The molecular weight excluding hydrogens is 336 g/mol. The SMILES string of the molecule is CCNC(=NCc1ccccc1)NCc1ccc(CN2CCCC2=O)cc1. The maximum Gasteiger partial charge on any atom is 0.222 e. The van der Waals surface area contributed by atoms with Crippen LogP contribution in [0.2, 0.25) is 0 Å². The standard InChI is InChI=1S/C22H28N4O/c1-2-23-22(24-15-18-7-4-3-5-8-18)25-16-19-10-12-20(13-11-19)17-26-14-6-9-21(26)27/h3-5,7-8,10-13H,2,6,9,14-17H2,1H3,(H2,23,24,25). The third-order valence-electron chi connectivity index (χ3n) is 4.63. The summed E-state index contributed by atoms with van der Waals surface area (Å²) in [7, 11) is 0. The number of guanidine groups is 1. The summed E-state index contributed by atoms with van der Waals surface area (Å²) in [5, 5.41) is 6.66. The van der Waals surface area contributed by atoms with E-state index in [0.29, 0.717) is 26.1 Å². The third kappa shape index (κ3) is 5.84. The van der Waals surface area contributed by atoms with Gasteiger partial charge in [-0.25, -0.2) is 4.99 Å². The molecule has 5 heteroatoms. The van der Waals surface area contributed by atoms with Crippen molar-refractivity contribution in [2.75, 3.05) is 13.1 Å². The first-order valence-electron chi connectivity index (χ1n) is 9.66. The van der Waals surface area contributed by atoms with Gasteiger partial charge >= 0.3 is 0 Å². The van der Waals surface area contributed by atoms with Crippen LogP contribution >= 0.6 is 0 Å². The first-order chi connectivity index (χ1) is 13.2. The number of hydrogen-bond acceptors (Lipinski definition) is 2. The van der Waals surface area contributed by atoms with Gasteiger partial charge in [-0.3, -0.25) is 4.79 Å². The maximum atomic E-state index is 11.7. The Labute approximate surface area is 161 Å². The highest BCUT2D eigenvalue weighted by atomic mass is 16.2. The van der Waals surface area contributed by atoms with E-state index in [0.717, 1.165) is 25.5 Å². The van der Waals surface area contributed by atoms with E-state index in [2.05, 4.69) is 58.9 Å². The first-order valence-corrected chi connectivity index (χ1v) is 9.66. The highest BCUT2D eigenvalue weighted by Gasteiger charge is 2.19. The summed E-state index contributed by atoms with van der Waals surface area (Å²) in [5.74, 6) is 1.08. The van der Waals surface area contributed by atoms with Gasteiger partial charge in [0.1, 0.15) is 0 Å². The molecule has 0 aromatic heterocycles. The average Bonchev–Trinajstić information content (AvgIpc) is 3.10. The molecule has 1 fully saturated rings. The molecule has 1 amide bonds. The van der Waals surface area contributed by atoms with Crippen molar-refractivity contribution in [1.82, 2.24) is 15.5 Å². The van der Waals surface area contributed by atoms with Gasteiger partial charge in [0.2, 0.25) is 5.91 Å². The Morgan fingerprint density at radius 1 is 1.00 bits per heavy atom. The Balaban J connectivity index is 1.52. The zero-order valence-corrected chi connectivity index (χ0v) is 15.9. The lowest BCUT2D eigenvalue weighted by molar-refractivity contribution is -0.128. The molecule has 2 aromatic carbocycles. The number of likely N-dealkylation sites (tertiary alicyclic amines) is 1. The van der Waals surface area contributed by atoms with Gasteiger partial charge in [0.15, 0.2) is 5.96 Å². The molecule has 3 rings (SSSR count). The quantitative estimate of drug-likeness (QED) is 0.586. The van der Waals surface area contributed by atoms with Gasteiger partial charge in [-0.2, -0.15) is 0 Å². The predicted octanol–water partition coefficient (Wildman–Crippen LogP) is 3.06. The Hall–Kier alpha value is -2.82. The smallest absolute Gasteiger partial charge is 0.222 e. The Morgan fingerprint density at radius 3 is 2.41 bits per heavy atom. The predicted molar refractivity (Wildman–Crippen MR) is 109 cm³/mol. The summed E-state index contributed by atoms with van der Waals surface area (Å²) in [6.45, 7) is 5.85. The molecule has 2 aromatic rings. The fraction of sp³-hybridized carbons (Fsp3) is 0.364. The highest BCUT2D eigenvalue weighted by molar-refractivity contribution is 5.79. The summed E-state index contributed by atoms with van der Waals surface area (Å²) >= 11 is 0. The summed E-state index contributed by atoms with van der Waals surface area (Å²) in [5.41, 5.74) is 3.56. The molecule has 0 atom stereocenters. The van der Waals surface area contributed by atoms with Crippen molar-refractivity contribution >= 4 is 11.9 Å². The van der Waals surface area contributed by atoms with Gasteiger partial charge in [-0.1, -0.05) is 54.6 Å². The number of carbonyl (C=O) groups is 1. The summed E-state index contributed by atoms with van der Waals surface area (Å²) in [4.78, 5) is 18.3. The topological polar surface area (TPSA) is 56.7 Å². The van der Waals surface area contributed by atoms with Gasteiger partial charge < -0.3 is 15.5 Å². The Kier molecular flexibility index (Phi) is 6.85. The lowest BCUT2D eigenvalue weighted by Gasteiger charge is -2.16. The van der Waals surface area contributed by atoms with Crippen LogP contribution in [-0.2, 0) is 24.4 Å². The molecule has 27 heavy (non-hydrogen) atoms. The van der Waals surface area contributed by atoms with E-state index in [1.165, 1.54) is 16.7 Å². The van der Waals surface area contributed by atoms with E-state index in [-0.39, 0.29) is 5.91 Å². The molecule has 1 aliphatic heterocycles. The monoisotopic (exact) mass is 364 g/mol. The van der Waals surface area contributed by atoms with Crippen LogP contribution in [0.1, 0.15) is 36.5 Å². The zero-order valence-electron chi connectivity index (χ0n) is 15.9. The number of carbonyl (C=O) groups excluding carboxylic acids is 1. The second kappa shape index (κ2) is 9.76. The van der Waals surface area contributed by atoms with E-state index in [9.17, 15) is 4.79 Å². The summed E-state index contributed by atoms with van der Waals surface area (Å²) < 4.78 is 0. The molecule has 1 aliphatic rings. The maximum absolute atomic E-state index is 11.7. The molecular formula is C22H28N4O. The molecule has 0 radical (unpaired) electrons. The van der Waals surface area contributed by atoms with Crippen LogP contribution in [0.3, 0.4) is 0 Å². The van der Waals surface area contributed by atoms with Crippen molar-refractivity contribution in [2.45, 2.75) is 39.4 Å². The number of nitrogens with zero attached hydrogens (tertiary/aromatic N) is 2. The highest BCUT2D eigenvalue weighted by Crippen LogP contribution is 2.14. The van der Waals surface area contributed by atoms with Gasteiger partial charge in [0.05, 0.1) is 6.54 Å². The van der Waals surface area contributed by atoms with E-state index < -0.39 is 0 Å². The molecule has 0 unspecified atom stereocenters. The second-order valence-electron chi connectivity index (χ2n) is 6.77. The third-order valence-corrected chi connectivity index (χ3v) is 4.63. The van der Waals surface area contributed by atoms with Gasteiger partial charge in [-0.05, 0) is 30.0 Å². The zero-order chi connectivity index (χ0) is 18.9. The fourth-order valence-corrected chi connectivity index (χ4v) is 3.14. The summed E-state index contributed by atoms with van der Waals surface area (Å²) in [6, 6.07) is 18.7. The number of rotatable bonds is 7. The lowest BCUT2D eigenvalue weighted by atomic mass is 10.1. The van der Waals surface area contributed by atoms with Crippen LogP contribution in [0, 0.1) is 0 Å². The van der Waals surface area contributed by atoms with Crippen molar-refractivity contribution in [3.63, 3.8) is 0 Å². The minimum absolute atomic E-state index is 0.269. The molecule has 0 spiro atoms. The van der Waals surface area contributed by atoms with E-state index >= 15 is 0 Å². The van der Waals surface area contributed by atoms with E-state index in [1.807, 2.05) is 23.1 Å². The molecule has 2 N–H and O–H groups in total. The van der Waals surface area contributed by atoms with Crippen molar-refractivity contribution in [3.05, 3.63) is 71.3 Å². The van der Waals surface area contributed by atoms with Crippen LogP contribution in [0.25, 0.3) is 0 Å². The average molecular weight is 364 g/mol. The Morgan fingerprint density at radius 2 is 1.74 bits per heavy atom. The molecule has 5 nitrogen and oxygen atoms in total. The second-order valence-corrected chi connectivity index (χ2v) is 6.77. The Bertz CT molecular complexity index is 756. The normalized spacial score (nSPS) is 14.5. The van der Waals surface area contributed by atoms with Crippen molar-refractivity contribution < 1.29 is 4.79 Å². The van der Waals surface area contributed by atoms with E-state index in [4.69, 9.17) is 0 Å². The number of nitrogens with one attached hydrogen (secondary N) is 2.